The molecule has 0 bridgehead atoms. The second-order valence-electron chi connectivity index (χ2n) is 5.00. The first-order chi connectivity index (χ1) is 9.92. The van der Waals surface area contributed by atoms with E-state index in [2.05, 4.69) is 60.7 Å². The Hall–Kier alpha value is -2.54. The van der Waals surface area contributed by atoms with E-state index in [1.165, 1.54) is 16.3 Å². The van der Waals surface area contributed by atoms with E-state index in [1.807, 2.05) is 18.2 Å². The zero-order chi connectivity index (χ0) is 13.4. The van der Waals surface area contributed by atoms with Gasteiger partial charge in [-0.05, 0) is 22.9 Å². The summed E-state index contributed by atoms with van der Waals surface area (Å²) in [5, 5.41) is 2.50. The maximum absolute atomic E-state index is 6.14. The molecule has 1 aliphatic heterocycles. The lowest BCUT2D eigenvalue weighted by Crippen LogP contribution is -2.09. The Morgan fingerprint density at radius 3 is 2.55 bits per heavy atom. The number of hydrogen-bond donors (Lipinski definition) is 0. The van der Waals surface area contributed by atoms with Crippen LogP contribution in [0.25, 0.3) is 16.8 Å². The lowest BCUT2D eigenvalue weighted by Gasteiger charge is -2.22. The van der Waals surface area contributed by atoms with Crippen LogP contribution >= 0.6 is 0 Å². The Balaban J connectivity index is 1.82. The van der Waals surface area contributed by atoms with Crippen LogP contribution in [-0.2, 0) is 0 Å². The maximum Gasteiger partial charge on any atom is 0.143 e. The monoisotopic (exact) mass is 258 g/mol. The smallest absolute Gasteiger partial charge is 0.143 e. The van der Waals surface area contributed by atoms with Crippen LogP contribution in [0.15, 0.2) is 72.8 Å². The van der Waals surface area contributed by atoms with Gasteiger partial charge in [0.15, 0.2) is 0 Å². The van der Waals surface area contributed by atoms with Gasteiger partial charge in [0.1, 0.15) is 11.9 Å². The third-order valence-corrected chi connectivity index (χ3v) is 3.75. The first-order valence-electron chi connectivity index (χ1n) is 6.83. The van der Waals surface area contributed by atoms with E-state index in [-0.39, 0.29) is 6.10 Å². The van der Waals surface area contributed by atoms with Crippen molar-refractivity contribution in [2.45, 2.75) is 6.10 Å². The zero-order valence-electron chi connectivity index (χ0n) is 11.0. The van der Waals surface area contributed by atoms with Gasteiger partial charge in [-0.15, -0.1) is 0 Å². The minimum Gasteiger partial charge on any atom is -0.481 e. The predicted octanol–water partition coefficient (Wildman–Crippen LogP) is 4.99. The highest BCUT2D eigenvalue weighted by molar-refractivity contribution is 5.86. The van der Waals surface area contributed by atoms with Crippen LogP contribution in [0.5, 0.6) is 5.75 Å². The number of fused-ring (bicyclic) bond motifs is 2. The fourth-order valence-electron chi connectivity index (χ4n) is 2.76. The van der Waals surface area contributed by atoms with Crippen LogP contribution < -0.4 is 4.74 Å². The van der Waals surface area contributed by atoms with Crippen molar-refractivity contribution in [3.05, 3.63) is 83.9 Å². The largest absolute Gasteiger partial charge is 0.481 e. The summed E-state index contributed by atoms with van der Waals surface area (Å²) in [6.45, 7) is 0. The van der Waals surface area contributed by atoms with Crippen LogP contribution in [-0.4, -0.2) is 0 Å². The summed E-state index contributed by atoms with van der Waals surface area (Å²) < 4.78 is 6.14. The second kappa shape index (κ2) is 4.53. The Labute approximate surface area is 118 Å². The molecule has 3 aromatic carbocycles. The number of benzene rings is 3. The molecule has 0 aliphatic carbocycles. The fraction of sp³-hybridized carbons (Fsp3) is 0.0526. The minimum absolute atomic E-state index is 0.0176. The van der Waals surface area contributed by atoms with Crippen molar-refractivity contribution in [1.29, 1.82) is 0 Å². The molecule has 0 spiro atoms. The Morgan fingerprint density at radius 1 is 0.750 bits per heavy atom. The van der Waals surface area contributed by atoms with Crippen LogP contribution in [0.3, 0.4) is 0 Å². The number of para-hydroxylation sites is 1. The Bertz CT molecular complexity index is 796. The highest BCUT2D eigenvalue weighted by Gasteiger charge is 2.17. The lowest BCUT2D eigenvalue weighted by atomic mass is 9.98. The Kier molecular flexibility index (Phi) is 2.56. The molecule has 1 heterocycles. The van der Waals surface area contributed by atoms with Crippen LogP contribution in [0, 0.1) is 0 Å². The third-order valence-electron chi connectivity index (χ3n) is 3.75. The van der Waals surface area contributed by atoms with Gasteiger partial charge in [0.2, 0.25) is 0 Å². The average Bonchev–Trinajstić information content (AvgIpc) is 2.54. The molecule has 1 nitrogen and oxygen atoms in total. The van der Waals surface area contributed by atoms with Crippen molar-refractivity contribution < 1.29 is 4.74 Å². The minimum atomic E-state index is -0.0176. The molecule has 0 N–H and O–H groups in total. The quantitative estimate of drug-likeness (QED) is 0.597. The van der Waals surface area contributed by atoms with Crippen molar-refractivity contribution >= 4 is 16.8 Å². The number of hydrogen-bond acceptors (Lipinski definition) is 1. The molecule has 1 unspecified atom stereocenters. The van der Waals surface area contributed by atoms with Gasteiger partial charge in [-0.2, -0.15) is 0 Å². The number of ether oxygens (including phenoxy) is 1. The molecular formula is C19H14O. The topological polar surface area (TPSA) is 9.23 Å². The normalized spacial score (nSPS) is 16.7. The van der Waals surface area contributed by atoms with E-state index >= 15 is 0 Å². The molecule has 1 heteroatoms. The molecule has 0 aromatic heterocycles. The van der Waals surface area contributed by atoms with Crippen LogP contribution in [0.4, 0.5) is 0 Å². The predicted molar refractivity (Wildman–Crippen MR) is 82.8 cm³/mol. The standard InChI is InChI=1S/C19H14O/c1-3-9-16-14(6-1)8-5-10-17(16)19-13-12-15-7-2-4-11-18(15)20-19/h1-13,19H. The van der Waals surface area contributed by atoms with Gasteiger partial charge < -0.3 is 4.74 Å². The zero-order valence-corrected chi connectivity index (χ0v) is 11.0. The molecule has 1 aliphatic rings. The van der Waals surface area contributed by atoms with Crippen molar-refractivity contribution in [2.24, 2.45) is 0 Å². The summed E-state index contributed by atoms with van der Waals surface area (Å²) >= 11 is 0. The Morgan fingerprint density at radius 2 is 1.55 bits per heavy atom. The van der Waals surface area contributed by atoms with Gasteiger partial charge in [-0.1, -0.05) is 66.7 Å². The van der Waals surface area contributed by atoms with E-state index in [0.717, 1.165) is 11.3 Å². The fourth-order valence-corrected chi connectivity index (χ4v) is 2.76. The van der Waals surface area contributed by atoms with Crippen molar-refractivity contribution in [1.82, 2.24) is 0 Å². The highest BCUT2D eigenvalue weighted by Crippen LogP contribution is 2.34. The van der Waals surface area contributed by atoms with Gasteiger partial charge >= 0.3 is 0 Å². The highest BCUT2D eigenvalue weighted by atomic mass is 16.5. The van der Waals surface area contributed by atoms with E-state index in [9.17, 15) is 0 Å². The molecule has 0 amide bonds. The molecule has 3 aromatic rings. The average molecular weight is 258 g/mol. The van der Waals surface area contributed by atoms with Gasteiger partial charge in [0.05, 0.1) is 0 Å². The SMILES string of the molecule is C1=CC(c2cccc3ccccc23)Oc2ccccc21. The van der Waals surface area contributed by atoms with E-state index < -0.39 is 0 Å². The summed E-state index contributed by atoms with van der Waals surface area (Å²) in [5.41, 5.74) is 2.36. The number of rotatable bonds is 1. The molecule has 96 valence electrons. The molecule has 20 heavy (non-hydrogen) atoms. The molecule has 4 rings (SSSR count). The molecule has 0 saturated carbocycles. The van der Waals surface area contributed by atoms with Gasteiger partial charge in [-0.3, -0.25) is 0 Å². The molecular weight excluding hydrogens is 244 g/mol. The van der Waals surface area contributed by atoms with Crippen molar-refractivity contribution in [3.63, 3.8) is 0 Å². The van der Waals surface area contributed by atoms with Crippen LogP contribution in [0.1, 0.15) is 17.2 Å². The molecule has 0 radical (unpaired) electrons. The molecule has 1 atom stereocenters. The van der Waals surface area contributed by atoms with Crippen molar-refractivity contribution in [2.75, 3.05) is 0 Å². The van der Waals surface area contributed by atoms with Crippen LogP contribution in [0.2, 0.25) is 0 Å². The van der Waals surface area contributed by atoms with Gasteiger partial charge in [-0.25, -0.2) is 0 Å². The first kappa shape index (κ1) is 11.3. The summed E-state index contributed by atoms with van der Waals surface area (Å²) in [5.74, 6) is 0.952. The molecule has 0 fully saturated rings. The van der Waals surface area contributed by atoms with Gasteiger partial charge in [0, 0.05) is 11.1 Å². The summed E-state index contributed by atoms with van der Waals surface area (Å²) in [6, 6.07) is 23.0. The first-order valence-corrected chi connectivity index (χ1v) is 6.83. The van der Waals surface area contributed by atoms with E-state index in [0.29, 0.717) is 0 Å². The second-order valence-corrected chi connectivity index (χ2v) is 5.00. The molecule has 0 saturated heterocycles. The lowest BCUT2D eigenvalue weighted by molar-refractivity contribution is 0.253. The summed E-state index contributed by atoms with van der Waals surface area (Å²) in [7, 11) is 0. The van der Waals surface area contributed by atoms with E-state index in [4.69, 9.17) is 4.74 Å². The summed E-state index contributed by atoms with van der Waals surface area (Å²) in [6.07, 6.45) is 4.26. The maximum atomic E-state index is 6.14. The third kappa shape index (κ3) is 1.79. The van der Waals surface area contributed by atoms with Crippen molar-refractivity contribution in [3.8, 4) is 5.75 Å². The summed E-state index contributed by atoms with van der Waals surface area (Å²) in [4.78, 5) is 0. The van der Waals surface area contributed by atoms with E-state index in [1.54, 1.807) is 0 Å². The van der Waals surface area contributed by atoms with Gasteiger partial charge in [0.25, 0.3) is 0 Å².